The van der Waals surface area contributed by atoms with Gasteiger partial charge in [0.05, 0.1) is 11.9 Å². The second-order valence-corrected chi connectivity index (χ2v) is 5.32. The van der Waals surface area contributed by atoms with E-state index in [-0.39, 0.29) is 18.3 Å². The molecule has 2 rings (SSSR count). The van der Waals surface area contributed by atoms with Crippen molar-refractivity contribution < 1.29 is 14.3 Å². The molecule has 1 amide bonds. The lowest BCUT2D eigenvalue weighted by Gasteiger charge is -2.16. The molecule has 0 saturated heterocycles. The zero-order chi connectivity index (χ0) is 16.5. The van der Waals surface area contributed by atoms with E-state index >= 15 is 0 Å². The molecule has 1 N–H and O–H groups in total. The van der Waals surface area contributed by atoms with Crippen molar-refractivity contribution in [1.82, 2.24) is 5.32 Å². The van der Waals surface area contributed by atoms with Gasteiger partial charge in [-0.25, -0.2) is 4.79 Å². The molecule has 5 heteroatoms. The number of nitrogens with one attached hydrogen (secondary N) is 1. The van der Waals surface area contributed by atoms with Gasteiger partial charge in [-0.2, -0.15) is 0 Å². The third kappa shape index (κ3) is 5.75. The number of amides is 1. The summed E-state index contributed by atoms with van der Waals surface area (Å²) in [5.41, 5.74) is 1.82. The fraction of sp³-hybridized carbons (Fsp3) is 0.222. The Bertz CT molecular complexity index is 631. The molecule has 0 aliphatic rings. The predicted octanol–water partition coefficient (Wildman–Crippen LogP) is 3.33. The summed E-state index contributed by atoms with van der Waals surface area (Å²) >= 11 is 5.63. The number of alkyl halides is 1. The number of carbonyl (C=O) groups excluding carboxylic acids is 2. The van der Waals surface area contributed by atoms with Gasteiger partial charge >= 0.3 is 6.09 Å². The third-order valence-corrected chi connectivity index (χ3v) is 3.57. The summed E-state index contributed by atoms with van der Waals surface area (Å²) in [5, 5.41) is 2.59. The van der Waals surface area contributed by atoms with E-state index < -0.39 is 12.1 Å². The normalized spacial score (nSPS) is 11.5. The van der Waals surface area contributed by atoms with Crippen molar-refractivity contribution in [2.24, 2.45) is 0 Å². The van der Waals surface area contributed by atoms with Crippen LogP contribution in [-0.2, 0) is 22.6 Å². The zero-order valence-corrected chi connectivity index (χ0v) is 13.3. The molecule has 0 radical (unpaired) electrons. The van der Waals surface area contributed by atoms with E-state index in [4.69, 9.17) is 16.3 Å². The first kappa shape index (κ1) is 17.0. The van der Waals surface area contributed by atoms with Crippen LogP contribution in [0.5, 0.6) is 0 Å². The summed E-state index contributed by atoms with van der Waals surface area (Å²) in [5.74, 6) is -0.400. The maximum absolute atomic E-state index is 11.9. The fourth-order valence-corrected chi connectivity index (χ4v) is 2.28. The van der Waals surface area contributed by atoms with E-state index in [0.29, 0.717) is 6.42 Å². The minimum atomic E-state index is -0.696. The fourth-order valence-electron chi connectivity index (χ4n) is 2.10. The maximum Gasteiger partial charge on any atom is 0.408 e. The van der Waals surface area contributed by atoms with Gasteiger partial charge in [0.2, 0.25) is 0 Å². The number of ether oxygens (including phenoxy) is 1. The number of ketones is 1. The highest BCUT2D eigenvalue weighted by molar-refractivity contribution is 6.28. The van der Waals surface area contributed by atoms with Crippen LogP contribution in [0.4, 0.5) is 4.79 Å². The number of hydrogen-bond donors (Lipinski definition) is 1. The maximum atomic E-state index is 11.9. The average molecular weight is 332 g/mol. The van der Waals surface area contributed by atoms with Crippen LogP contribution < -0.4 is 5.32 Å². The van der Waals surface area contributed by atoms with Gasteiger partial charge < -0.3 is 10.1 Å². The molecule has 2 aromatic carbocycles. The van der Waals surface area contributed by atoms with E-state index in [2.05, 4.69) is 5.32 Å². The van der Waals surface area contributed by atoms with Gasteiger partial charge in [-0.1, -0.05) is 60.7 Å². The molecule has 0 unspecified atom stereocenters. The van der Waals surface area contributed by atoms with Gasteiger partial charge in [-0.3, -0.25) is 4.79 Å². The molecule has 23 heavy (non-hydrogen) atoms. The SMILES string of the molecule is O=C(N[C@H](Cc1ccccc1)C(=O)CCl)OCc1ccccc1. The Labute approximate surface area is 140 Å². The lowest BCUT2D eigenvalue weighted by atomic mass is 10.0. The summed E-state index contributed by atoms with van der Waals surface area (Å²) in [7, 11) is 0. The van der Waals surface area contributed by atoms with Crippen LogP contribution in [0, 0.1) is 0 Å². The zero-order valence-electron chi connectivity index (χ0n) is 12.6. The molecule has 4 nitrogen and oxygen atoms in total. The summed E-state index contributed by atoms with van der Waals surface area (Å²) in [6.07, 6.45) is -0.249. The van der Waals surface area contributed by atoms with Crippen molar-refractivity contribution in [3.8, 4) is 0 Å². The Hall–Kier alpha value is -2.33. The molecular formula is C18H18ClNO3. The molecular weight excluding hydrogens is 314 g/mol. The van der Waals surface area contributed by atoms with E-state index in [9.17, 15) is 9.59 Å². The minimum absolute atomic E-state index is 0.153. The number of halogens is 1. The largest absolute Gasteiger partial charge is 0.445 e. The number of alkyl carbamates (subject to hydrolysis) is 1. The van der Waals surface area contributed by atoms with Crippen LogP contribution in [0.1, 0.15) is 11.1 Å². The summed E-state index contributed by atoms with van der Waals surface area (Å²) in [6.45, 7) is 0.153. The van der Waals surface area contributed by atoms with Crippen molar-refractivity contribution in [2.45, 2.75) is 19.1 Å². The van der Waals surface area contributed by atoms with Crippen molar-refractivity contribution in [2.75, 3.05) is 5.88 Å². The second-order valence-electron chi connectivity index (χ2n) is 5.05. The third-order valence-electron chi connectivity index (χ3n) is 3.31. The summed E-state index contributed by atoms with van der Waals surface area (Å²) < 4.78 is 5.15. The highest BCUT2D eigenvalue weighted by Gasteiger charge is 2.21. The number of benzene rings is 2. The average Bonchev–Trinajstić information content (AvgIpc) is 2.60. The van der Waals surface area contributed by atoms with Crippen LogP contribution >= 0.6 is 11.6 Å². The predicted molar refractivity (Wildman–Crippen MR) is 89.4 cm³/mol. The standard InChI is InChI=1S/C18H18ClNO3/c19-12-17(21)16(11-14-7-3-1-4-8-14)20-18(22)23-13-15-9-5-2-6-10-15/h1-10,16H,11-13H2,(H,20,22)/t16-/m1/s1. The molecule has 2 aromatic rings. The van der Waals surface area contributed by atoms with Gasteiger partial charge in [0.15, 0.2) is 5.78 Å². The second kappa shape index (κ2) is 8.96. The lowest BCUT2D eigenvalue weighted by molar-refractivity contribution is -0.118. The number of rotatable bonds is 7. The van der Waals surface area contributed by atoms with Crippen molar-refractivity contribution in [3.05, 3.63) is 71.8 Å². The lowest BCUT2D eigenvalue weighted by Crippen LogP contribution is -2.43. The topological polar surface area (TPSA) is 55.4 Å². The number of carbonyl (C=O) groups is 2. The first-order chi connectivity index (χ1) is 11.2. The van der Waals surface area contributed by atoms with E-state index in [1.165, 1.54) is 0 Å². The van der Waals surface area contributed by atoms with Crippen LogP contribution in [0.15, 0.2) is 60.7 Å². The van der Waals surface area contributed by atoms with Crippen LogP contribution in [-0.4, -0.2) is 23.8 Å². The van der Waals surface area contributed by atoms with Crippen molar-refractivity contribution in [1.29, 1.82) is 0 Å². The Kier molecular flexibility index (Phi) is 6.63. The number of hydrogen-bond acceptors (Lipinski definition) is 3. The van der Waals surface area contributed by atoms with Crippen molar-refractivity contribution >= 4 is 23.5 Å². The van der Waals surface area contributed by atoms with Gasteiger partial charge in [-0.05, 0) is 17.5 Å². The quantitative estimate of drug-likeness (QED) is 0.792. The molecule has 0 aliphatic heterocycles. The highest BCUT2D eigenvalue weighted by Crippen LogP contribution is 2.06. The smallest absolute Gasteiger partial charge is 0.408 e. The first-order valence-electron chi connectivity index (χ1n) is 7.29. The van der Waals surface area contributed by atoms with Gasteiger partial charge in [-0.15, -0.1) is 11.6 Å². The molecule has 0 aliphatic carbocycles. The van der Waals surface area contributed by atoms with Gasteiger partial charge in [0.1, 0.15) is 6.61 Å². The van der Waals surface area contributed by atoms with Crippen LogP contribution in [0.2, 0.25) is 0 Å². The van der Waals surface area contributed by atoms with Gasteiger partial charge in [0, 0.05) is 0 Å². The molecule has 0 heterocycles. The summed E-state index contributed by atoms with van der Waals surface area (Å²) in [4.78, 5) is 23.8. The van der Waals surface area contributed by atoms with E-state index in [1.807, 2.05) is 60.7 Å². The Balaban J connectivity index is 1.91. The Morgan fingerprint density at radius 1 is 0.957 bits per heavy atom. The Morgan fingerprint density at radius 3 is 2.09 bits per heavy atom. The summed E-state index contributed by atoms with van der Waals surface area (Å²) in [6, 6.07) is 18.1. The van der Waals surface area contributed by atoms with Crippen LogP contribution in [0.25, 0.3) is 0 Å². The van der Waals surface area contributed by atoms with Crippen LogP contribution in [0.3, 0.4) is 0 Å². The molecule has 120 valence electrons. The van der Waals surface area contributed by atoms with E-state index in [1.54, 1.807) is 0 Å². The monoisotopic (exact) mass is 331 g/mol. The minimum Gasteiger partial charge on any atom is -0.445 e. The molecule has 0 fully saturated rings. The molecule has 0 aromatic heterocycles. The molecule has 1 atom stereocenters. The molecule has 0 saturated carbocycles. The number of Topliss-reactive ketones (excluding diaryl/α,β-unsaturated/α-hetero) is 1. The highest BCUT2D eigenvalue weighted by atomic mass is 35.5. The Morgan fingerprint density at radius 2 is 1.52 bits per heavy atom. The molecule has 0 bridgehead atoms. The first-order valence-corrected chi connectivity index (χ1v) is 7.82. The molecule has 0 spiro atoms. The van der Waals surface area contributed by atoms with Crippen molar-refractivity contribution in [3.63, 3.8) is 0 Å². The van der Waals surface area contributed by atoms with Gasteiger partial charge in [0.25, 0.3) is 0 Å². The van der Waals surface area contributed by atoms with E-state index in [0.717, 1.165) is 11.1 Å².